The molecule has 3 nitrogen and oxygen atoms in total. The highest BCUT2D eigenvalue weighted by Crippen LogP contribution is 2.40. The fraction of sp³-hybridized carbons (Fsp3) is 0.625. The zero-order valence-corrected chi connectivity index (χ0v) is 14.6. The summed E-state index contributed by atoms with van der Waals surface area (Å²) in [6, 6.07) is 7.55. The summed E-state index contributed by atoms with van der Waals surface area (Å²) >= 11 is 0. The van der Waals surface area contributed by atoms with Gasteiger partial charge < -0.3 is 10.1 Å². The van der Waals surface area contributed by atoms with E-state index < -0.39 is 6.61 Å². The van der Waals surface area contributed by atoms with Gasteiger partial charge in [-0.1, -0.05) is 25.0 Å². The molecule has 0 unspecified atom stereocenters. The zero-order valence-electron chi connectivity index (χ0n) is 12.9. The summed E-state index contributed by atoms with van der Waals surface area (Å²) < 4.78 is 29.3. The summed E-state index contributed by atoms with van der Waals surface area (Å²) in [5.74, 6) is 1.06. The van der Waals surface area contributed by atoms with Crippen molar-refractivity contribution in [3.05, 3.63) is 29.8 Å². The standard InChI is InChI=1S/C16H22F2N2O.2ClH/c17-16(18)21-14-3-1-2-13(11-14)15(10-12-4-5-12)20-8-6-19-7-9-20;;/h1-3,11-12,15-16,19H,4-10H2;2*1H/t15-;;/m1../s1. The molecule has 1 aromatic carbocycles. The number of nitrogens with one attached hydrogen (secondary N) is 1. The van der Waals surface area contributed by atoms with Gasteiger partial charge in [-0.05, 0) is 30.0 Å². The number of ether oxygens (including phenoxy) is 1. The van der Waals surface area contributed by atoms with Gasteiger partial charge in [0.2, 0.25) is 0 Å². The molecule has 0 radical (unpaired) electrons. The number of rotatable bonds is 6. The van der Waals surface area contributed by atoms with Crippen LogP contribution in [0.4, 0.5) is 8.78 Å². The third-order valence-corrected chi connectivity index (χ3v) is 4.31. The molecule has 1 heterocycles. The number of hydrogen-bond donors (Lipinski definition) is 1. The molecule has 0 spiro atoms. The molecule has 1 aliphatic heterocycles. The Labute approximate surface area is 148 Å². The smallest absolute Gasteiger partial charge is 0.387 e. The van der Waals surface area contributed by atoms with Crippen molar-refractivity contribution in [2.24, 2.45) is 5.92 Å². The van der Waals surface area contributed by atoms with Crippen LogP contribution in [0.5, 0.6) is 5.75 Å². The molecule has 1 atom stereocenters. The largest absolute Gasteiger partial charge is 0.435 e. The summed E-state index contributed by atoms with van der Waals surface area (Å²) in [5, 5.41) is 3.36. The molecule has 7 heteroatoms. The van der Waals surface area contributed by atoms with Crippen molar-refractivity contribution >= 4 is 24.8 Å². The molecular weight excluding hydrogens is 345 g/mol. The minimum Gasteiger partial charge on any atom is -0.435 e. The maximum absolute atomic E-state index is 12.4. The minimum absolute atomic E-state index is 0. The highest BCUT2D eigenvalue weighted by atomic mass is 35.5. The van der Waals surface area contributed by atoms with Crippen LogP contribution in [0.2, 0.25) is 0 Å². The van der Waals surface area contributed by atoms with Crippen LogP contribution in [-0.2, 0) is 0 Å². The van der Waals surface area contributed by atoms with Crippen molar-refractivity contribution in [2.75, 3.05) is 26.2 Å². The lowest BCUT2D eigenvalue weighted by Crippen LogP contribution is -2.45. The summed E-state index contributed by atoms with van der Waals surface area (Å²) in [6.45, 7) is 1.25. The molecule has 2 fully saturated rings. The molecule has 1 saturated heterocycles. The molecule has 1 saturated carbocycles. The van der Waals surface area contributed by atoms with Gasteiger partial charge in [-0.25, -0.2) is 0 Å². The fourth-order valence-electron chi connectivity index (χ4n) is 3.06. The van der Waals surface area contributed by atoms with Crippen LogP contribution in [0.25, 0.3) is 0 Å². The van der Waals surface area contributed by atoms with E-state index in [4.69, 9.17) is 0 Å². The van der Waals surface area contributed by atoms with Gasteiger partial charge in [0.15, 0.2) is 0 Å². The topological polar surface area (TPSA) is 24.5 Å². The van der Waals surface area contributed by atoms with Gasteiger partial charge in [-0.3, -0.25) is 4.90 Å². The number of piperazine rings is 1. The first kappa shape index (κ1) is 20.4. The van der Waals surface area contributed by atoms with Crippen molar-refractivity contribution in [3.8, 4) is 5.75 Å². The first-order chi connectivity index (χ1) is 10.2. The number of halogens is 4. The second-order valence-corrected chi connectivity index (χ2v) is 5.93. The summed E-state index contributed by atoms with van der Waals surface area (Å²) in [4.78, 5) is 2.47. The maximum Gasteiger partial charge on any atom is 0.387 e. The first-order valence-corrected chi connectivity index (χ1v) is 7.72. The van der Waals surface area contributed by atoms with Crippen molar-refractivity contribution in [2.45, 2.75) is 31.9 Å². The van der Waals surface area contributed by atoms with Gasteiger partial charge >= 0.3 is 6.61 Å². The normalized spacial score (nSPS) is 19.6. The fourth-order valence-corrected chi connectivity index (χ4v) is 3.06. The van der Waals surface area contributed by atoms with Gasteiger partial charge in [0.25, 0.3) is 0 Å². The maximum atomic E-state index is 12.4. The van der Waals surface area contributed by atoms with Crippen molar-refractivity contribution in [1.29, 1.82) is 0 Å². The van der Waals surface area contributed by atoms with Gasteiger partial charge in [0, 0.05) is 32.2 Å². The van der Waals surface area contributed by atoms with Crippen LogP contribution >= 0.6 is 24.8 Å². The molecule has 1 N–H and O–H groups in total. The Kier molecular flexibility index (Phi) is 8.54. The Morgan fingerprint density at radius 3 is 2.48 bits per heavy atom. The van der Waals surface area contributed by atoms with Crippen LogP contribution in [0.3, 0.4) is 0 Å². The second kappa shape index (κ2) is 9.62. The first-order valence-electron chi connectivity index (χ1n) is 7.72. The SMILES string of the molecule is Cl.Cl.FC(F)Oc1cccc([C@@H](CC2CC2)N2CCNCC2)c1. The van der Waals surface area contributed by atoms with Gasteiger partial charge in [0.1, 0.15) is 5.75 Å². The molecule has 132 valence electrons. The summed E-state index contributed by atoms with van der Waals surface area (Å²) in [6.07, 6.45) is 3.73. The minimum atomic E-state index is -2.76. The van der Waals surface area contributed by atoms with E-state index in [1.54, 1.807) is 12.1 Å². The van der Waals surface area contributed by atoms with E-state index in [9.17, 15) is 8.78 Å². The third-order valence-electron chi connectivity index (χ3n) is 4.31. The van der Waals surface area contributed by atoms with E-state index in [0.717, 1.165) is 44.1 Å². The Balaban J connectivity index is 0.00000132. The highest BCUT2D eigenvalue weighted by molar-refractivity contribution is 5.85. The van der Waals surface area contributed by atoms with Gasteiger partial charge in [0.05, 0.1) is 0 Å². The molecular formula is C16H24Cl2F2N2O. The van der Waals surface area contributed by atoms with E-state index in [1.165, 1.54) is 12.8 Å². The summed E-state index contributed by atoms with van der Waals surface area (Å²) in [7, 11) is 0. The average molecular weight is 369 g/mol. The van der Waals surface area contributed by atoms with E-state index in [-0.39, 0.29) is 30.6 Å². The van der Waals surface area contributed by atoms with Crippen molar-refractivity contribution in [1.82, 2.24) is 10.2 Å². The summed E-state index contributed by atoms with van der Waals surface area (Å²) in [5.41, 5.74) is 1.10. The Morgan fingerprint density at radius 1 is 1.17 bits per heavy atom. The Morgan fingerprint density at radius 2 is 1.87 bits per heavy atom. The van der Waals surface area contributed by atoms with E-state index in [1.807, 2.05) is 12.1 Å². The zero-order chi connectivity index (χ0) is 14.7. The lowest BCUT2D eigenvalue weighted by molar-refractivity contribution is -0.0499. The van der Waals surface area contributed by atoms with E-state index >= 15 is 0 Å². The van der Waals surface area contributed by atoms with E-state index in [2.05, 4.69) is 15.0 Å². The number of nitrogens with zero attached hydrogens (tertiary/aromatic N) is 1. The quantitative estimate of drug-likeness (QED) is 0.824. The number of hydrogen-bond acceptors (Lipinski definition) is 3. The van der Waals surface area contributed by atoms with Crippen LogP contribution in [0, 0.1) is 5.92 Å². The third kappa shape index (κ3) is 6.07. The van der Waals surface area contributed by atoms with Gasteiger partial charge in [-0.2, -0.15) is 8.78 Å². The molecule has 3 rings (SSSR count). The average Bonchev–Trinajstić information content (AvgIpc) is 3.29. The van der Waals surface area contributed by atoms with Crippen molar-refractivity contribution in [3.63, 3.8) is 0 Å². The molecule has 23 heavy (non-hydrogen) atoms. The van der Waals surface area contributed by atoms with E-state index in [0.29, 0.717) is 6.04 Å². The number of alkyl halides is 2. The lowest BCUT2D eigenvalue weighted by Gasteiger charge is -2.35. The predicted molar refractivity (Wildman–Crippen MR) is 92.1 cm³/mol. The second-order valence-electron chi connectivity index (χ2n) is 5.93. The molecule has 0 aromatic heterocycles. The predicted octanol–water partition coefficient (Wildman–Crippen LogP) is 3.88. The van der Waals surface area contributed by atoms with Crippen LogP contribution in [-0.4, -0.2) is 37.7 Å². The number of benzene rings is 1. The highest BCUT2D eigenvalue weighted by Gasteiger charge is 2.30. The van der Waals surface area contributed by atoms with Crippen molar-refractivity contribution < 1.29 is 13.5 Å². The monoisotopic (exact) mass is 368 g/mol. The molecule has 0 amide bonds. The molecule has 1 aliphatic carbocycles. The Hall–Kier alpha value is -0.620. The molecule has 2 aliphatic rings. The molecule has 1 aromatic rings. The van der Waals surface area contributed by atoms with Gasteiger partial charge in [-0.15, -0.1) is 24.8 Å². The van der Waals surface area contributed by atoms with Crippen LogP contribution in [0.1, 0.15) is 30.9 Å². The lowest BCUT2D eigenvalue weighted by atomic mass is 9.98. The molecule has 0 bridgehead atoms. The Bertz CT molecular complexity index is 469. The van der Waals surface area contributed by atoms with Crippen LogP contribution < -0.4 is 10.1 Å². The van der Waals surface area contributed by atoms with Crippen LogP contribution in [0.15, 0.2) is 24.3 Å².